The van der Waals surface area contributed by atoms with E-state index in [0.717, 1.165) is 0 Å². The molecule has 0 saturated carbocycles. The Morgan fingerprint density at radius 1 is 1.11 bits per heavy atom. The Morgan fingerprint density at radius 3 is 2.29 bits per heavy atom. The van der Waals surface area contributed by atoms with Gasteiger partial charge < -0.3 is 14.9 Å². The molecule has 1 aliphatic rings. The Balaban J connectivity index is 2.13. The number of likely N-dealkylation sites (tertiary alicyclic amines) is 1. The molecule has 2 aromatic carbocycles. The lowest BCUT2D eigenvalue weighted by Crippen LogP contribution is -2.35. The summed E-state index contributed by atoms with van der Waals surface area (Å²) >= 11 is 5.97. The number of hydrogen-bond donors (Lipinski definition) is 1. The van der Waals surface area contributed by atoms with Crippen LogP contribution in [0.1, 0.15) is 17.2 Å². The first kappa shape index (κ1) is 20.0. The minimum absolute atomic E-state index is 0.0160. The van der Waals surface area contributed by atoms with Crippen LogP contribution in [0.3, 0.4) is 0 Å². The van der Waals surface area contributed by atoms with Gasteiger partial charge in [0.05, 0.1) is 11.6 Å². The molecule has 1 saturated heterocycles. The molecular formula is C21H20ClFN2O3. The van der Waals surface area contributed by atoms with Crippen LogP contribution < -0.4 is 0 Å². The smallest absolute Gasteiger partial charge is 0.295 e. The number of Topliss-reactive ketones (excluding diaryl/α,β-unsaturated/α-hetero) is 1. The number of halogens is 2. The summed E-state index contributed by atoms with van der Waals surface area (Å²) in [5, 5.41) is 11.3. The van der Waals surface area contributed by atoms with Gasteiger partial charge in [-0.2, -0.15) is 0 Å². The first-order valence-electron chi connectivity index (χ1n) is 8.74. The molecule has 2 aromatic rings. The molecule has 0 spiro atoms. The van der Waals surface area contributed by atoms with Crippen molar-refractivity contribution in [2.45, 2.75) is 6.04 Å². The van der Waals surface area contributed by atoms with Gasteiger partial charge in [0.2, 0.25) is 0 Å². The standard InChI is InChI=1S/C21H20ClFN2O3/c1-24(2)11-12-25-18(13-3-7-15(22)8-4-13)17(20(27)21(25)28)19(26)14-5-9-16(23)10-6-14/h3-10,18,26H,11-12H2,1-2H3/t18-/m1/s1. The van der Waals surface area contributed by atoms with Crippen molar-refractivity contribution < 1.29 is 19.1 Å². The molecule has 3 rings (SSSR count). The highest BCUT2D eigenvalue weighted by Crippen LogP contribution is 2.39. The zero-order valence-electron chi connectivity index (χ0n) is 15.5. The average Bonchev–Trinajstić information content (AvgIpc) is 2.91. The highest BCUT2D eigenvalue weighted by atomic mass is 35.5. The van der Waals surface area contributed by atoms with E-state index in [4.69, 9.17) is 11.6 Å². The van der Waals surface area contributed by atoms with Gasteiger partial charge in [-0.1, -0.05) is 23.7 Å². The summed E-state index contributed by atoms with van der Waals surface area (Å²) in [4.78, 5) is 28.8. The molecule has 0 unspecified atom stereocenters. The van der Waals surface area contributed by atoms with E-state index in [2.05, 4.69) is 0 Å². The van der Waals surface area contributed by atoms with E-state index >= 15 is 0 Å². The molecule has 7 heteroatoms. The third kappa shape index (κ3) is 3.93. The van der Waals surface area contributed by atoms with Crippen molar-refractivity contribution >= 4 is 29.1 Å². The van der Waals surface area contributed by atoms with Gasteiger partial charge in [0.1, 0.15) is 11.6 Å². The summed E-state index contributed by atoms with van der Waals surface area (Å²) in [6.07, 6.45) is 0. The molecule has 1 fully saturated rings. The van der Waals surface area contributed by atoms with E-state index in [9.17, 15) is 19.1 Å². The summed E-state index contributed by atoms with van der Waals surface area (Å²) < 4.78 is 13.2. The zero-order chi connectivity index (χ0) is 20.4. The third-order valence-corrected chi connectivity index (χ3v) is 4.88. The van der Waals surface area contributed by atoms with Crippen molar-refractivity contribution in [1.82, 2.24) is 9.80 Å². The minimum Gasteiger partial charge on any atom is -0.507 e. The monoisotopic (exact) mass is 402 g/mol. The highest BCUT2D eigenvalue weighted by molar-refractivity contribution is 6.46. The number of benzene rings is 2. The van der Waals surface area contributed by atoms with Gasteiger partial charge in [-0.15, -0.1) is 0 Å². The summed E-state index contributed by atoms with van der Waals surface area (Å²) in [7, 11) is 3.73. The first-order chi connectivity index (χ1) is 13.3. The predicted molar refractivity (Wildman–Crippen MR) is 105 cm³/mol. The van der Waals surface area contributed by atoms with Crippen molar-refractivity contribution in [2.24, 2.45) is 0 Å². The van der Waals surface area contributed by atoms with Crippen LogP contribution in [0, 0.1) is 5.82 Å². The lowest BCUT2D eigenvalue weighted by atomic mass is 9.95. The Morgan fingerprint density at radius 2 is 1.71 bits per heavy atom. The van der Waals surface area contributed by atoms with Crippen molar-refractivity contribution in [3.63, 3.8) is 0 Å². The number of aliphatic hydroxyl groups excluding tert-OH is 1. The normalized spacial score (nSPS) is 18.9. The van der Waals surface area contributed by atoms with Crippen LogP contribution >= 0.6 is 11.6 Å². The second-order valence-corrected chi connectivity index (χ2v) is 7.29. The van der Waals surface area contributed by atoms with Gasteiger partial charge in [0, 0.05) is 23.7 Å². The van der Waals surface area contributed by atoms with E-state index in [1.54, 1.807) is 24.3 Å². The Bertz CT molecular complexity index is 924. The largest absolute Gasteiger partial charge is 0.507 e. The van der Waals surface area contributed by atoms with Gasteiger partial charge in [-0.05, 0) is 56.1 Å². The predicted octanol–water partition coefficient (Wildman–Crippen LogP) is 3.46. The van der Waals surface area contributed by atoms with E-state index in [-0.39, 0.29) is 16.9 Å². The second-order valence-electron chi connectivity index (χ2n) is 6.85. The molecule has 146 valence electrons. The molecule has 0 radical (unpaired) electrons. The quantitative estimate of drug-likeness (QED) is 0.472. The lowest BCUT2D eigenvalue weighted by molar-refractivity contribution is -0.140. The van der Waals surface area contributed by atoms with Crippen molar-refractivity contribution in [3.8, 4) is 0 Å². The lowest BCUT2D eigenvalue weighted by Gasteiger charge is -2.26. The summed E-state index contributed by atoms with van der Waals surface area (Å²) in [5.41, 5.74) is 0.912. The molecule has 1 N–H and O–H groups in total. The van der Waals surface area contributed by atoms with Crippen molar-refractivity contribution in [3.05, 3.63) is 76.1 Å². The van der Waals surface area contributed by atoms with Gasteiger partial charge in [0.25, 0.3) is 11.7 Å². The second kappa shape index (κ2) is 8.12. The zero-order valence-corrected chi connectivity index (χ0v) is 16.3. The Labute approximate surface area is 167 Å². The number of hydrogen-bond acceptors (Lipinski definition) is 4. The SMILES string of the molecule is CN(C)CCN1C(=O)C(=O)C(=C(O)c2ccc(F)cc2)[C@H]1c1ccc(Cl)cc1. The first-order valence-corrected chi connectivity index (χ1v) is 9.12. The Kier molecular flexibility index (Phi) is 5.82. The summed E-state index contributed by atoms with van der Waals surface area (Å²) in [6, 6.07) is 11.2. The number of aliphatic hydroxyl groups is 1. The van der Waals surface area contributed by atoms with E-state index < -0.39 is 23.5 Å². The van der Waals surface area contributed by atoms with Crippen LogP contribution in [0.4, 0.5) is 4.39 Å². The Hall–Kier alpha value is -2.70. The number of amides is 1. The number of nitrogens with zero attached hydrogens (tertiary/aromatic N) is 2. The highest BCUT2D eigenvalue weighted by Gasteiger charge is 2.45. The van der Waals surface area contributed by atoms with Crippen molar-refractivity contribution in [1.29, 1.82) is 0 Å². The molecule has 1 atom stereocenters. The molecular weight excluding hydrogens is 383 g/mol. The van der Waals surface area contributed by atoms with Crippen LogP contribution in [0.2, 0.25) is 5.02 Å². The molecule has 1 heterocycles. The topological polar surface area (TPSA) is 60.9 Å². The van der Waals surface area contributed by atoms with Crippen LogP contribution in [0.15, 0.2) is 54.1 Å². The van der Waals surface area contributed by atoms with E-state index in [1.165, 1.54) is 29.2 Å². The number of carbonyl (C=O) groups is 2. The fraction of sp³-hybridized carbons (Fsp3) is 0.238. The van der Waals surface area contributed by atoms with Crippen molar-refractivity contribution in [2.75, 3.05) is 27.2 Å². The van der Waals surface area contributed by atoms with Crippen LogP contribution in [0.5, 0.6) is 0 Å². The molecule has 1 aliphatic heterocycles. The third-order valence-electron chi connectivity index (χ3n) is 4.63. The van der Waals surface area contributed by atoms with Gasteiger partial charge >= 0.3 is 0 Å². The van der Waals surface area contributed by atoms with Gasteiger partial charge in [-0.25, -0.2) is 4.39 Å². The molecule has 1 amide bonds. The maximum Gasteiger partial charge on any atom is 0.295 e. The maximum absolute atomic E-state index is 13.2. The average molecular weight is 403 g/mol. The van der Waals surface area contributed by atoms with Crippen LogP contribution in [-0.4, -0.2) is 53.8 Å². The number of ketones is 1. The van der Waals surface area contributed by atoms with Gasteiger partial charge in [0.15, 0.2) is 0 Å². The number of carbonyl (C=O) groups excluding carboxylic acids is 2. The molecule has 0 aromatic heterocycles. The van der Waals surface area contributed by atoms with E-state index in [0.29, 0.717) is 23.7 Å². The molecule has 0 bridgehead atoms. The van der Waals surface area contributed by atoms with Crippen LogP contribution in [-0.2, 0) is 9.59 Å². The van der Waals surface area contributed by atoms with Crippen LogP contribution in [0.25, 0.3) is 5.76 Å². The number of likely N-dealkylation sites (N-methyl/N-ethyl adjacent to an activating group) is 1. The summed E-state index contributed by atoms with van der Waals surface area (Å²) in [5.74, 6) is -2.23. The fourth-order valence-corrected chi connectivity index (χ4v) is 3.30. The molecule has 5 nitrogen and oxygen atoms in total. The minimum atomic E-state index is -0.763. The van der Waals surface area contributed by atoms with E-state index in [1.807, 2.05) is 19.0 Å². The molecule has 28 heavy (non-hydrogen) atoms. The number of rotatable bonds is 5. The van der Waals surface area contributed by atoms with Gasteiger partial charge in [-0.3, -0.25) is 9.59 Å². The fourth-order valence-electron chi connectivity index (χ4n) is 3.17. The molecule has 0 aliphatic carbocycles. The maximum atomic E-state index is 13.2. The summed E-state index contributed by atoms with van der Waals surface area (Å²) in [6.45, 7) is 0.860.